The lowest BCUT2D eigenvalue weighted by Gasteiger charge is -2.31. The van der Waals surface area contributed by atoms with Gasteiger partial charge in [-0.15, -0.1) is 6.58 Å². The van der Waals surface area contributed by atoms with Gasteiger partial charge in [-0.1, -0.05) is 19.9 Å². The van der Waals surface area contributed by atoms with Crippen LogP contribution >= 0.6 is 0 Å². The topological polar surface area (TPSA) is 15.3 Å². The highest BCUT2D eigenvalue weighted by molar-refractivity contribution is 4.84. The minimum Gasteiger partial charge on any atom is -0.312 e. The van der Waals surface area contributed by atoms with Gasteiger partial charge in [0.1, 0.15) is 0 Å². The van der Waals surface area contributed by atoms with Crippen LogP contribution in [0.1, 0.15) is 33.6 Å². The van der Waals surface area contributed by atoms with E-state index in [1.807, 2.05) is 6.08 Å². The fourth-order valence-electron chi connectivity index (χ4n) is 2.22. The second kappa shape index (κ2) is 6.29. The summed E-state index contributed by atoms with van der Waals surface area (Å²) in [6.45, 7) is 14.3. The highest BCUT2D eigenvalue weighted by Crippen LogP contribution is 2.13. The van der Waals surface area contributed by atoms with E-state index >= 15 is 0 Å². The third kappa shape index (κ3) is 3.96. The Labute approximate surface area is 94.7 Å². The molecule has 0 aromatic carbocycles. The Morgan fingerprint density at radius 1 is 1.47 bits per heavy atom. The molecule has 1 heterocycles. The third-order valence-electron chi connectivity index (χ3n) is 3.40. The molecule has 0 aromatic heterocycles. The Morgan fingerprint density at radius 2 is 2.20 bits per heavy atom. The molecule has 0 saturated carbocycles. The lowest BCUT2D eigenvalue weighted by Crippen LogP contribution is -2.44. The van der Waals surface area contributed by atoms with Crippen LogP contribution in [0.25, 0.3) is 0 Å². The van der Waals surface area contributed by atoms with Crippen molar-refractivity contribution in [1.29, 1.82) is 0 Å². The van der Waals surface area contributed by atoms with E-state index in [1.54, 1.807) is 0 Å². The molecular weight excluding hydrogens is 184 g/mol. The predicted octanol–water partition coefficient (Wildman–Crippen LogP) is 2.27. The molecule has 0 aliphatic carbocycles. The van der Waals surface area contributed by atoms with Crippen LogP contribution in [0.4, 0.5) is 0 Å². The van der Waals surface area contributed by atoms with Crippen LogP contribution < -0.4 is 5.32 Å². The van der Waals surface area contributed by atoms with Crippen molar-refractivity contribution in [3.63, 3.8) is 0 Å². The third-order valence-corrected chi connectivity index (χ3v) is 3.40. The van der Waals surface area contributed by atoms with E-state index in [9.17, 15) is 0 Å². The van der Waals surface area contributed by atoms with Gasteiger partial charge in [-0.3, -0.25) is 4.90 Å². The van der Waals surface area contributed by atoms with Crippen molar-refractivity contribution >= 4 is 0 Å². The van der Waals surface area contributed by atoms with Crippen molar-refractivity contribution < 1.29 is 0 Å². The van der Waals surface area contributed by atoms with Gasteiger partial charge in [0, 0.05) is 18.6 Å². The van der Waals surface area contributed by atoms with Crippen LogP contribution in [0.5, 0.6) is 0 Å². The monoisotopic (exact) mass is 210 g/mol. The lowest BCUT2D eigenvalue weighted by molar-refractivity contribution is 0.192. The summed E-state index contributed by atoms with van der Waals surface area (Å²) in [5, 5.41) is 3.64. The van der Waals surface area contributed by atoms with Gasteiger partial charge in [0.15, 0.2) is 0 Å². The van der Waals surface area contributed by atoms with Crippen LogP contribution in [0.2, 0.25) is 0 Å². The average Bonchev–Trinajstić information content (AvgIpc) is 2.43. The zero-order chi connectivity index (χ0) is 11.3. The van der Waals surface area contributed by atoms with Crippen LogP contribution in [0.15, 0.2) is 12.7 Å². The van der Waals surface area contributed by atoms with E-state index in [1.165, 1.54) is 26.1 Å². The van der Waals surface area contributed by atoms with Crippen molar-refractivity contribution in [2.45, 2.75) is 45.7 Å². The summed E-state index contributed by atoms with van der Waals surface area (Å²) in [6.07, 6.45) is 4.41. The molecule has 0 spiro atoms. The molecule has 0 bridgehead atoms. The summed E-state index contributed by atoms with van der Waals surface area (Å²) in [7, 11) is 0. The number of rotatable bonds is 4. The minimum absolute atomic E-state index is 0.642. The predicted molar refractivity (Wildman–Crippen MR) is 67.1 cm³/mol. The van der Waals surface area contributed by atoms with Gasteiger partial charge in [-0.05, 0) is 38.8 Å². The second-order valence-electron chi connectivity index (χ2n) is 5.03. The first-order valence-corrected chi connectivity index (χ1v) is 6.23. The number of nitrogens with zero attached hydrogens (tertiary/aromatic N) is 1. The molecule has 1 rings (SSSR count). The van der Waals surface area contributed by atoms with Crippen LogP contribution in [-0.2, 0) is 0 Å². The molecular formula is C13H26N2. The Bertz CT molecular complexity index is 189. The average molecular weight is 210 g/mol. The Kier molecular flexibility index (Phi) is 5.34. The Morgan fingerprint density at radius 3 is 2.80 bits per heavy atom. The summed E-state index contributed by atoms with van der Waals surface area (Å²) < 4.78 is 0. The van der Waals surface area contributed by atoms with E-state index in [-0.39, 0.29) is 0 Å². The summed E-state index contributed by atoms with van der Waals surface area (Å²) in [5.74, 6) is 0.724. The minimum atomic E-state index is 0.642. The molecule has 0 radical (unpaired) electrons. The van der Waals surface area contributed by atoms with Crippen LogP contribution in [-0.4, -0.2) is 36.6 Å². The fourth-order valence-corrected chi connectivity index (χ4v) is 2.22. The van der Waals surface area contributed by atoms with Crippen molar-refractivity contribution in [3.8, 4) is 0 Å². The van der Waals surface area contributed by atoms with Gasteiger partial charge >= 0.3 is 0 Å². The standard InChI is InChI=1S/C13H26N2/c1-5-7-12(4)15-9-6-8-14-13(10-15)11(2)3/h5,11-14H,1,6-10H2,2-4H3. The van der Waals surface area contributed by atoms with Crippen molar-refractivity contribution in [2.75, 3.05) is 19.6 Å². The highest BCUT2D eigenvalue weighted by Gasteiger charge is 2.22. The molecule has 1 aliphatic rings. The van der Waals surface area contributed by atoms with E-state index in [2.05, 4.69) is 37.6 Å². The quantitative estimate of drug-likeness (QED) is 0.716. The van der Waals surface area contributed by atoms with Gasteiger partial charge in [0.2, 0.25) is 0 Å². The van der Waals surface area contributed by atoms with Crippen molar-refractivity contribution in [3.05, 3.63) is 12.7 Å². The molecule has 2 heteroatoms. The van der Waals surface area contributed by atoms with Gasteiger partial charge in [0.05, 0.1) is 0 Å². The molecule has 15 heavy (non-hydrogen) atoms. The highest BCUT2D eigenvalue weighted by atomic mass is 15.2. The Balaban J connectivity index is 2.52. The number of hydrogen-bond donors (Lipinski definition) is 1. The maximum absolute atomic E-state index is 3.83. The number of hydrogen-bond acceptors (Lipinski definition) is 2. The van der Waals surface area contributed by atoms with Gasteiger partial charge in [-0.25, -0.2) is 0 Å². The number of nitrogens with one attached hydrogen (secondary N) is 1. The van der Waals surface area contributed by atoms with Gasteiger partial charge < -0.3 is 5.32 Å². The van der Waals surface area contributed by atoms with Gasteiger partial charge in [0.25, 0.3) is 0 Å². The molecule has 1 fully saturated rings. The maximum atomic E-state index is 3.83. The molecule has 2 nitrogen and oxygen atoms in total. The first kappa shape index (κ1) is 12.7. The normalized spacial score (nSPS) is 26.3. The molecule has 2 atom stereocenters. The molecule has 1 saturated heterocycles. The van der Waals surface area contributed by atoms with E-state index in [0.717, 1.165) is 12.3 Å². The summed E-state index contributed by atoms with van der Waals surface area (Å²) in [6, 6.07) is 1.29. The van der Waals surface area contributed by atoms with Crippen molar-refractivity contribution in [1.82, 2.24) is 10.2 Å². The zero-order valence-corrected chi connectivity index (χ0v) is 10.5. The second-order valence-corrected chi connectivity index (χ2v) is 5.03. The summed E-state index contributed by atoms with van der Waals surface area (Å²) in [5.41, 5.74) is 0. The maximum Gasteiger partial charge on any atom is 0.0218 e. The first-order valence-electron chi connectivity index (χ1n) is 6.23. The largest absolute Gasteiger partial charge is 0.312 e. The summed E-state index contributed by atoms with van der Waals surface area (Å²) >= 11 is 0. The van der Waals surface area contributed by atoms with Crippen molar-refractivity contribution in [2.24, 2.45) is 5.92 Å². The van der Waals surface area contributed by atoms with E-state index in [0.29, 0.717) is 12.1 Å². The van der Waals surface area contributed by atoms with Crippen LogP contribution in [0.3, 0.4) is 0 Å². The molecule has 2 unspecified atom stereocenters. The smallest absolute Gasteiger partial charge is 0.0218 e. The fraction of sp³-hybridized carbons (Fsp3) is 0.846. The zero-order valence-electron chi connectivity index (χ0n) is 10.5. The van der Waals surface area contributed by atoms with E-state index in [4.69, 9.17) is 0 Å². The Hall–Kier alpha value is -0.340. The SMILES string of the molecule is C=CCC(C)N1CCCNC(C(C)C)C1. The lowest BCUT2D eigenvalue weighted by atomic mass is 10.0. The molecule has 88 valence electrons. The first-order chi connectivity index (χ1) is 7.15. The molecule has 0 amide bonds. The summed E-state index contributed by atoms with van der Waals surface area (Å²) in [4.78, 5) is 2.60. The van der Waals surface area contributed by atoms with Gasteiger partial charge in [-0.2, -0.15) is 0 Å². The molecule has 1 aliphatic heterocycles. The molecule has 0 aromatic rings. The molecule has 1 N–H and O–H groups in total. The van der Waals surface area contributed by atoms with Crippen LogP contribution in [0, 0.1) is 5.92 Å². The van der Waals surface area contributed by atoms with E-state index < -0.39 is 0 Å².